The molecule has 124 valence electrons. The maximum Gasteiger partial charge on any atom is 0.191 e. The van der Waals surface area contributed by atoms with Crippen molar-refractivity contribution in [1.29, 1.82) is 0 Å². The zero-order valence-electron chi connectivity index (χ0n) is 13.2. The van der Waals surface area contributed by atoms with Gasteiger partial charge in [0.1, 0.15) is 11.6 Å². The molecule has 1 aromatic carbocycles. The van der Waals surface area contributed by atoms with Gasteiger partial charge in [0.2, 0.25) is 0 Å². The van der Waals surface area contributed by atoms with E-state index in [1.54, 1.807) is 7.05 Å². The molecule has 3 atom stereocenters. The molecule has 1 fully saturated rings. The third-order valence-electron chi connectivity index (χ3n) is 3.91. The van der Waals surface area contributed by atoms with Crippen molar-refractivity contribution in [2.24, 2.45) is 10.9 Å². The van der Waals surface area contributed by atoms with Gasteiger partial charge in [-0.25, -0.2) is 8.78 Å². The van der Waals surface area contributed by atoms with Crippen LogP contribution in [0.15, 0.2) is 23.2 Å². The number of nitrogens with zero attached hydrogens (tertiary/aromatic N) is 1. The number of hydrogen-bond acceptors (Lipinski definition) is 1. The van der Waals surface area contributed by atoms with Crippen LogP contribution in [0.3, 0.4) is 0 Å². The quantitative estimate of drug-likeness (QED) is 0.427. The molecule has 1 aliphatic rings. The molecular weight excluding hydrogens is 399 g/mol. The standard InChI is InChI=1S/C16H23F2N3.HI/c1-4-5-11-8-15(11)21-16(19-3)20-10(2)13-7-6-12(17)9-14(13)18;/h6-7,9-11,15H,4-5,8H2,1-3H3,(H2,19,20,21);1H. The Hall–Kier alpha value is -0.920. The summed E-state index contributed by atoms with van der Waals surface area (Å²) in [7, 11) is 1.69. The molecule has 2 rings (SSSR count). The lowest BCUT2D eigenvalue weighted by Gasteiger charge is -2.19. The molecule has 0 radical (unpaired) electrons. The van der Waals surface area contributed by atoms with Crippen molar-refractivity contribution in [2.75, 3.05) is 7.05 Å². The van der Waals surface area contributed by atoms with Gasteiger partial charge in [0.15, 0.2) is 5.96 Å². The van der Waals surface area contributed by atoms with E-state index in [-0.39, 0.29) is 30.0 Å². The number of nitrogens with one attached hydrogen (secondary N) is 2. The minimum absolute atomic E-state index is 0. The third-order valence-corrected chi connectivity index (χ3v) is 3.91. The summed E-state index contributed by atoms with van der Waals surface area (Å²) >= 11 is 0. The molecule has 22 heavy (non-hydrogen) atoms. The van der Waals surface area contributed by atoms with E-state index in [0.29, 0.717) is 23.5 Å². The van der Waals surface area contributed by atoms with Crippen LogP contribution in [-0.4, -0.2) is 19.0 Å². The fraction of sp³-hybridized carbons (Fsp3) is 0.562. The zero-order chi connectivity index (χ0) is 15.4. The van der Waals surface area contributed by atoms with Crippen LogP contribution < -0.4 is 10.6 Å². The van der Waals surface area contributed by atoms with E-state index < -0.39 is 11.6 Å². The summed E-state index contributed by atoms with van der Waals surface area (Å²) < 4.78 is 26.7. The Kier molecular flexibility index (Phi) is 7.52. The van der Waals surface area contributed by atoms with Crippen molar-refractivity contribution in [3.8, 4) is 0 Å². The van der Waals surface area contributed by atoms with E-state index >= 15 is 0 Å². The SMILES string of the molecule is CCCC1CC1NC(=NC)NC(C)c1ccc(F)cc1F.I. The van der Waals surface area contributed by atoms with E-state index in [0.717, 1.165) is 12.5 Å². The normalized spacial score (nSPS) is 21.8. The predicted molar refractivity (Wildman–Crippen MR) is 96.6 cm³/mol. The summed E-state index contributed by atoms with van der Waals surface area (Å²) in [5.41, 5.74) is 0.431. The maximum atomic E-state index is 13.8. The van der Waals surface area contributed by atoms with Crippen LogP contribution >= 0.6 is 24.0 Å². The van der Waals surface area contributed by atoms with Crippen molar-refractivity contribution in [2.45, 2.75) is 45.2 Å². The van der Waals surface area contributed by atoms with Crippen LogP contribution in [0.1, 0.15) is 44.7 Å². The first-order valence-corrected chi connectivity index (χ1v) is 7.50. The largest absolute Gasteiger partial charge is 0.353 e. The molecule has 0 aromatic heterocycles. The highest BCUT2D eigenvalue weighted by molar-refractivity contribution is 14.0. The second-order valence-electron chi connectivity index (χ2n) is 5.64. The van der Waals surface area contributed by atoms with Gasteiger partial charge in [-0.05, 0) is 31.7 Å². The molecule has 0 amide bonds. The van der Waals surface area contributed by atoms with E-state index in [4.69, 9.17) is 0 Å². The molecule has 0 aliphatic heterocycles. The Morgan fingerprint density at radius 3 is 2.73 bits per heavy atom. The van der Waals surface area contributed by atoms with Gasteiger partial charge in [0, 0.05) is 24.7 Å². The van der Waals surface area contributed by atoms with Crippen LogP contribution in [-0.2, 0) is 0 Å². The summed E-state index contributed by atoms with van der Waals surface area (Å²) in [5.74, 6) is 0.272. The first kappa shape index (κ1) is 19.1. The average molecular weight is 423 g/mol. The highest BCUT2D eigenvalue weighted by Gasteiger charge is 2.36. The summed E-state index contributed by atoms with van der Waals surface area (Å²) in [6, 6.07) is 3.82. The van der Waals surface area contributed by atoms with Gasteiger partial charge < -0.3 is 10.6 Å². The van der Waals surface area contributed by atoms with Crippen molar-refractivity contribution in [3.63, 3.8) is 0 Å². The molecule has 0 spiro atoms. The molecule has 0 saturated heterocycles. The number of guanidine groups is 1. The van der Waals surface area contributed by atoms with Gasteiger partial charge in [0.05, 0.1) is 6.04 Å². The van der Waals surface area contributed by atoms with Gasteiger partial charge in [-0.1, -0.05) is 19.4 Å². The lowest BCUT2D eigenvalue weighted by Crippen LogP contribution is -2.40. The first-order valence-electron chi connectivity index (χ1n) is 7.50. The molecular formula is C16H24F2IN3. The Labute approximate surface area is 148 Å². The maximum absolute atomic E-state index is 13.8. The van der Waals surface area contributed by atoms with Crippen LogP contribution in [0.25, 0.3) is 0 Å². The monoisotopic (exact) mass is 423 g/mol. The topological polar surface area (TPSA) is 36.4 Å². The van der Waals surface area contributed by atoms with Crippen LogP contribution in [0.5, 0.6) is 0 Å². The number of hydrogen-bond donors (Lipinski definition) is 2. The van der Waals surface area contributed by atoms with E-state index in [1.807, 2.05) is 6.92 Å². The van der Waals surface area contributed by atoms with Gasteiger partial charge >= 0.3 is 0 Å². The van der Waals surface area contributed by atoms with Crippen LogP contribution in [0.4, 0.5) is 8.78 Å². The Balaban J connectivity index is 0.00000242. The smallest absolute Gasteiger partial charge is 0.191 e. The highest BCUT2D eigenvalue weighted by Crippen LogP contribution is 2.34. The molecule has 0 bridgehead atoms. The van der Waals surface area contributed by atoms with Gasteiger partial charge in [-0.2, -0.15) is 0 Å². The van der Waals surface area contributed by atoms with E-state index in [9.17, 15) is 8.78 Å². The number of benzene rings is 1. The lowest BCUT2D eigenvalue weighted by atomic mass is 10.1. The summed E-state index contributed by atoms with van der Waals surface area (Å²) in [5, 5.41) is 6.50. The molecule has 6 heteroatoms. The minimum atomic E-state index is -0.564. The summed E-state index contributed by atoms with van der Waals surface area (Å²) in [6.07, 6.45) is 3.57. The number of halogens is 3. The second kappa shape index (κ2) is 8.64. The number of aliphatic imine (C=N–C) groups is 1. The Morgan fingerprint density at radius 2 is 2.14 bits per heavy atom. The van der Waals surface area contributed by atoms with Gasteiger partial charge in [0.25, 0.3) is 0 Å². The van der Waals surface area contributed by atoms with Crippen LogP contribution in [0.2, 0.25) is 0 Å². The lowest BCUT2D eigenvalue weighted by molar-refractivity contribution is 0.550. The predicted octanol–water partition coefficient (Wildman–Crippen LogP) is 4.00. The Bertz CT molecular complexity index is 522. The van der Waals surface area contributed by atoms with Gasteiger partial charge in [-0.15, -0.1) is 24.0 Å². The van der Waals surface area contributed by atoms with Crippen molar-refractivity contribution in [1.82, 2.24) is 10.6 Å². The van der Waals surface area contributed by atoms with E-state index in [2.05, 4.69) is 22.5 Å². The summed E-state index contributed by atoms with van der Waals surface area (Å²) in [4.78, 5) is 4.17. The molecule has 2 N–H and O–H groups in total. The molecule has 1 aliphatic carbocycles. The summed E-state index contributed by atoms with van der Waals surface area (Å²) in [6.45, 7) is 4.02. The van der Waals surface area contributed by atoms with Crippen molar-refractivity contribution in [3.05, 3.63) is 35.4 Å². The van der Waals surface area contributed by atoms with Gasteiger partial charge in [-0.3, -0.25) is 4.99 Å². The molecule has 3 nitrogen and oxygen atoms in total. The van der Waals surface area contributed by atoms with E-state index in [1.165, 1.54) is 25.0 Å². The van der Waals surface area contributed by atoms with Crippen LogP contribution in [0, 0.1) is 17.6 Å². The second-order valence-corrected chi connectivity index (χ2v) is 5.64. The fourth-order valence-corrected chi connectivity index (χ4v) is 2.60. The first-order chi connectivity index (χ1) is 10.0. The van der Waals surface area contributed by atoms with Crippen molar-refractivity contribution >= 4 is 29.9 Å². The average Bonchev–Trinajstić information content (AvgIpc) is 3.16. The Morgan fingerprint density at radius 1 is 1.41 bits per heavy atom. The highest BCUT2D eigenvalue weighted by atomic mass is 127. The fourth-order valence-electron chi connectivity index (χ4n) is 2.60. The molecule has 3 unspecified atom stereocenters. The molecule has 1 saturated carbocycles. The zero-order valence-corrected chi connectivity index (χ0v) is 15.5. The molecule has 0 heterocycles. The molecule has 1 aromatic rings. The van der Waals surface area contributed by atoms with Crippen molar-refractivity contribution < 1.29 is 8.78 Å². The number of rotatable bonds is 5. The minimum Gasteiger partial charge on any atom is -0.353 e. The third kappa shape index (κ3) is 5.07.